The summed E-state index contributed by atoms with van der Waals surface area (Å²) < 4.78 is 5.34. The average molecular weight is 361 g/mol. The van der Waals surface area contributed by atoms with Crippen LogP contribution in [0.3, 0.4) is 0 Å². The largest absolute Gasteiger partial charge is 0.338 e. The van der Waals surface area contributed by atoms with Gasteiger partial charge in [-0.2, -0.15) is 4.98 Å². The van der Waals surface area contributed by atoms with Gasteiger partial charge in [-0.05, 0) is 44.7 Å². The molecule has 0 amide bonds. The van der Waals surface area contributed by atoms with E-state index < -0.39 is 0 Å². The van der Waals surface area contributed by atoms with Gasteiger partial charge in [0.2, 0.25) is 5.89 Å². The van der Waals surface area contributed by atoms with E-state index in [0.29, 0.717) is 18.3 Å². The summed E-state index contributed by atoms with van der Waals surface area (Å²) in [6.45, 7) is 4.64. The molecule has 138 valence electrons. The van der Waals surface area contributed by atoms with Crippen molar-refractivity contribution >= 4 is 0 Å². The minimum Gasteiger partial charge on any atom is -0.338 e. The van der Waals surface area contributed by atoms with Gasteiger partial charge in [0, 0.05) is 23.7 Å². The van der Waals surface area contributed by atoms with Crippen molar-refractivity contribution in [3.05, 3.63) is 59.5 Å². The Kier molecular flexibility index (Phi) is 4.01. The summed E-state index contributed by atoms with van der Waals surface area (Å²) >= 11 is 0. The Morgan fingerprint density at radius 1 is 1.15 bits per heavy atom. The molecule has 1 saturated heterocycles. The van der Waals surface area contributed by atoms with Crippen molar-refractivity contribution in [2.24, 2.45) is 0 Å². The third kappa shape index (κ3) is 3.04. The first kappa shape index (κ1) is 16.6. The van der Waals surface area contributed by atoms with Crippen LogP contribution in [0.4, 0.5) is 0 Å². The third-order valence-electron chi connectivity index (χ3n) is 5.86. The highest BCUT2D eigenvalue weighted by atomic mass is 16.5. The van der Waals surface area contributed by atoms with Crippen molar-refractivity contribution in [3.8, 4) is 11.4 Å². The lowest BCUT2D eigenvalue weighted by molar-refractivity contribution is 0.123. The second-order valence-corrected chi connectivity index (χ2v) is 7.76. The third-order valence-corrected chi connectivity index (χ3v) is 5.86. The molecule has 3 heterocycles. The summed E-state index contributed by atoms with van der Waals surface area (Å²) in [6.07, 6.45) is 6.61. The molecule has 0 radical (unpaired) electrons. The number of aromatic nitrogens is 4. The predicted molar refractivity (Wildman–Crippen MR) is 101 cm³/mol. The summed E-state index contributed by atoms with van der Waals surface area (Å²) in [7, 11) is 0. The van der Waals surface area contributed by atoms with Gasteiger partial charge < -0.3 is 4.52 Å². The Morgan fingerprint density at radius 3 is 2.85 bits per heavy atom. The minimum absolute atomic E-state index is 0.120. The van der Waals surface area contributed by atoms with Gasteiger partial charge >= 0.3 is 0 Å². The number of hydrogen-bond acceptors (Lipinski definition) is 6. The van der Waals surface area contributed by atoms with E-state index in [0.717, 1.165) is 43.7 Å². The Bertz CT molecular complexity index is 950. The SMILES string of the molecule is Cc1noc(CN2CCCC3(CCc4cnc(-c5ccccc5)nc43)C2)n1. The van der Waals surface area contributed by atoms with E-state index in [-0.39, 0.29) is 5.41 Å². The van der Waals surface area contributed by atoms with Gasteiger partial charge in [0.15, 0.2) is 11.6 Å². The monoisotopic (exact) mass is 361 g/mol. The first-order chi connectivity index (χ1) is 13.2. The number of piperidine rings is 1. The molecule has 2 aromatic heterocycles. The van der Waals surface area contributed by atoms with Crippen LogP contribution >= 0.6 is 0 Å². The van der Waals surface area contributed by atoms with Crippen LogP contribution in [0.1, 0.15) is 42.2 Å². The molecule has 1 aliphatic heterocycles. The maximum absolute atomic E-state index is 5.34. The lowest BCUT2D eigenvalue weighted by Crippen LogP contribution is -2.45. The molecule has 6 nitrogen and oxygen atoms in total. The molecule has 27 heavy (non-hydrogen) atoms. The Labute approximate surface area is 158 Å². The van der Waals surface area contributed by atoms with Gasteiger partial charge in [0.25, 0.3) is 0 Å². The smallest absolute Gasteiger partial charge is 0.240 e. The quantitative estimate of drug-likeness (QED) is 0.713. The van der Waals surface area contributed by atoms with Crippen molar-refractivity contribution in [1.29, 1.82) is 0 Å². The highest BCUT2D eigenvalue weighted by Gasteiger charge is 2.43. The van der Waals surface area contributed by atoms with Crippen molar-refractivity contribution in [2.45, 2.75) is 44.6 Å². The average Bonchev–Trinajstić information content (AvgIpc) is 3.26. The number of nitrogens with zero attached hydrogens (tertiary/aromatic N) is 5. The minimum atomic E-state index is 0.120. The highest BCUT2D eigenvalue weighted by Crippen LogP contribution is 2.44. The van der Waals surface area contributed by atoms with E-state index in [1.165, 1.54) is 17.7 Å². The molecular formula is C21H23N5O. The van der Waals surface area contributed by atoms with E-state index in [1.54, 1.807) is 0 Å². The van der Waals surface area contributed by atoms with Gasteiger partial charge in [0.05, 0.1) is 12.2 Å². The van der Waals surface area contributed by atoms with E-state index in [1.807, 2.05) is 31.3 Å². The van der Waals surface area contributed by atoms with Gasteiger partial charge in [-0.25, -0.2) is 9.97 Å². The summed E-state index contributed by atoms with van der Waals surface area (Å²) in [6, 6.07) is 10.3. The molecule has 1 unspecified atom stereocenters. The van der Waals surface area contributed by atoms with Crippen molar-refractivity contribution in [1.82, 2.24) is 25.0 Å². The zero-order chi connectivity index (χ0) is 18.3. The van der Waals surface area contributed by atoms with Crippen LogP contribution in [-0.2, 0) is 18.4 Å². The molecule has 0 saturated carbocycles. The van der Waals surface area contributed by atoms with E-state index in [9.17, 15) is 0 Å². The molecule has 0 N–H and O–H groups in total. The molecular weight excluding hydrogens is 338 g/mol. The Balaban J connectivity index is 1.44. The predicted octanol–water partition coefficient (Wildman–Crippen LogP) is 3.32. The molecule has 6 heteroatoms. The number of benzene rings is 1. The summed E-state index contributed by atoms with van der Waals surface area (Å²) in [5, 5.41) is 3.92. The normalized spacial score (nSPS) is 22.3. The topological polar surface area (TPSA) is 67.9 Å². The molecule has 1 fully saturated rings. The second kappa shape index (κ2) is 6.53. The number of rotatable bonds is 3. The fourth-order valence-corrected chi connectivity index (χ4v) is 4.62. The number of aryl methyl sites for hydroxylation is 2. The number of fused-ring (bicyclic) bond motifs is 2. The van der Waals surface area contributed by atoms with Gasteiger partial charge in [0.1, 0.15) is 0 Å². The molecule has 1 aromatic carbocycles. The van der Waals surface area contributed by atoms with Crippen LogP contribution in [0.5, 0.6) is 0 Å². The molecule has 1 spiro atoms. The lowest BCUT2D eigenvalue weighted by Gasteiger charge is -2.40. The molecule has 3 aromatic rings. The molecule has 0 bridgehead atoms. The summed E-state index contributed by atoms with van der Waals surface area (Å²) in [5.74, 6) is 2.24. The van der Waals surface area contributed by atoms with E-state index in [4.69, 9.17) is 9.51 Å². The fraction of sp³-hybridized carbons (Fsp3) is 0.429. The summed E-state index contributed by atoms with van der Waals surface area (Å²) in [4.78, 5) is 16.5. The maximum Gasteiger partial charge on any atom is 0.240 e. The molecule has 2 aliphatic rings. The van der Waals surface area contributed by atoms with E-state index >= 15 is 0 Å². The first-order valence-corrected chi connectivity index (χ1v) is 9.65. The number of likely N-dealkylation sites (tertiary alicyclic amines) is 1. The molecule has 1 atom stereocenters. The zero-order valence-corrected chi connectivity index (χ0v) is 15.6. The van der Waals surface area contributed by atoms with Crippen LogP contribution < -0.4 is 0 Å². The highest BCUT2D eigenvalue weighted by molar-refractivity contribution is 5.55. The first-order valence-electron chi connectivity index (χ1n) is 9.65. The van der Waals surface area contributed by atoms with Gasteiger partial charge in [-0.1, -0.05) is 35.5 Å². The van der Waals surface area contributed by atoms with Gasteiger partial charge in [-0.3, -0.25) is 4.90 Å². The molecule has 5 rings (SSSR count). The summed E-state index contributed by atoms with van der Waals surface area (Å²) in [5.41, 5.74) is 3.76. The van der Waals surface area contributed by atoms with Crippen LogP contribution in [0.15, 0.2) is 41.1 Å². The fourth-order valence-electron chi connectivity index (χ4n) is 4.62. The van der Waals surface area contributed by atoms with E-state index in [2.05, 4.69) is 32.2 Å². The van der Waals surface area contributed by atoms with Gasteiger partial charge in [-0.15, -0.1) is 0 Å². The van der Waals surface area contributed by atoms with Crippen LogP contribution in [-0.4, -0.2) is 38.1 Å². The maximum atomic E-state index is 5.34. The number of hydrogen-bond donors (Lipinski definition) is 0. The zero-order valence-electron chi connectivity index (χ0n) is 15.6. The Morgan fingerprint density at radius 2 is 2.04 bits per heavy atom. The Hall–Kier alpha value is -2.60. The van der Waals surface area contributed by atoms with Crippen LogP contribution in [0, 0.1) is 6.92 Å². The van der Waals surface area contributed by atoms with Crippen molar-refractivity contribution < 1.29 is 4.52 Å². The lowest BCUT2D eigenvalue weighted by atomic mass is 9.77. The standard InChI is InChI=1S/C21H23N5O/c1-15-23-18(27-25-15)13-26-11-5-9-21(14-26)10-8-17-12-22-20(24-19(17)21)16-6-3-2-4-7-16/h2-4,6-7,12H,5,8-11,13-14H2,1H3. The van der Waals surface area contributed by atoms with Crippen LogP contribution in [0.25, 0.3) is 11.4 Å². The van der Waals surface area contributed by atoms with Crippen LogP contribution in [0.2, 0.25) is 0 Å². The second-order valence-electron chi connectivity index (χ2n) is 7.76. The molecule has 1 aliphatic carbocycles. The van der Waals surface area contributed by atoms with Crippen molar-refractivity contribution in [3.63, 3.8) is 0 Å². The van der Waals surface area contributed by atoms with Crippen molar-refractivity contribution in [2.75, 3.05) is 13.1 Å².